The van der Waals surface area contributed by atoms with Gasteiger partial charge in [0, 0.05) is 12.6 Å². The zero-order chi connectivity index (χ0) is 14.0. The van der Waals surface area contributed by atoms with Crippen molar-refractivity contribution in [1.82, 2.24) is 4.72 Å². The monoisotopic (exact) mass is 282 g/mol. The van der Waals surface area contributed by atoms with Crippen molar-refractivity contribution in [3.8, 4) is 0 Å². The minimum atomic E-state index is -3.43. The molecule has 3 N–H and O–H groups in total. The van der Waals surface area contributed by atoms with Crippen LogP contribution in [0.1, 0.15) is 30.4 Å². The smallest absolute Gasteiger partial charge is 0.240 e. The SMILES string of the molecule is Cc1ccc(C)c(S(=O)(=O)NCC2CCCC2N)c1. The van der Waals surface area contributed by atoms with Crippen molar-refractivity contribution in [2.75, 3.05) is 6.54 Å². The molecule has 0 amide bonds. The van der Waals surface area contributed by atoms with Crippen molar-refractivity contribution in [3.63, 3.8) is 0 Å². The van der Waals surface area contributed by atoms with Gasteiger partial charge < -0.3 is 5.73 Å². The molecular weight excluding hydrogens is 260 g/mol. The Morgan fingerprint density at radius 3 is 2.68 bits per heavy atom. The second-order valence-electron chi connectivity index (χ2n) is 5.48. The second kappa shape index (κ2) is 5.61. The topological polar surface area (TPSA) is 72.2 Å². The van der Waals surface area contributed by atoms with Crippen LogP contribution in [-0.4, -0.2) is 21.0 Å². The average Bonchev–Trinajstić information content (AvgIpc) is 2.75. The van der Waals surface area contributed by atoms with Crippen molar-refractivity contribution in [3.05, 3.63) is 29.3 Å². The predicted octanol–water partition coefficient (Wildman–Crippen LogP) is 1.71. The van der Waals surface area contributed by atoms with E-state index >= 15 is 0 Å². The minimum Gasteiger partial charge on any atom is -0.327 e. The average molecular weight is 282 g/mol. The van der Waals surface area contributed by atoms with Crippen LogP contribution in [0.4, 0.5) is 0 Å². The Morgan fingerprint density at radius 2 is 2.05 bits per heavy atom. The van der Waals surface area contributed by atoms with Gasteiger partial charge in [0.15, 0.2) is 0 Å². The summed E-state index contributed by atoms with van der Waals surface area (Å²) in [5.74, 6) is 0.264. The van der Waals surface area contributed by atoms with Gasteiger partial charge >= 0.3 is 0 Å². The van der Waals surface area contributed by atoms with E-state index in [1.54, 1.807) is 6.07 Å². The van der Waals surface area contributed by atoms with Gasteiger partial charge in [-0.3, -0.25) is 0 Å². The molecule has 1 aromatic rings. The Kier molecular flexibility index (Phi) is 4.28. The standard InChI is InChI=1S/C14H22N2O2S/c1-10-6-7-11(2)14(8-10)19(17,18)16-9-12-4-3-5-13(12)15/h6-8,12-13,16H,3-5,9,15H2,1-2H3. The van der Waals surface area contributed by atoms with Gasteiger partial charge in [-0.1, -0.05) is 18.6 Å². The Labute approximate surface area is 115 Å². The van der Waals surface area contributed by atoms with Gasteiger partial charge in [0.25, 0.3) is 0 Å². The van der Waals surface area contributed by atoms with Gasteiger partial charge in [-0.25, -0.2) is 13.1 Å². The highest BCUT2D eigenvalue weighted by Gasteiger charge is 2.26. The lowest BCUT2D eigenvalue weighted by Gasteiger charge is -2.17. The van der Waals surface area contributed by atoms with Gasteiger partial charge in [0.2, 0.25) is 10.0 Å². The number of hydrogen-bond acceptors (Lipinski definition) is 3. The first-order chi connectivity index (χ1) is 8.90. The van der Waals surface area contributed by atoms with Crippen LogP contribution >= 0.6 is 0 Å². The molecule has 1 fully saturated rings. The van der Waals surface area contributed by atoms with Crippen LogP contribution in [0, 0.1) is 19.8 Å². The van der Waals surface area contributed by atoms with E-state index in [9.17, 15) is 8.42 Å². The van der Waals surface area contributed by atoms with Crippen LogP contribution in [0.3, 0.4) is 0 Å². The van der Waals surface area contributed by atoms with Crippen LogP contribution in [0.2, 0.25) is 0 Å². The van der Waals surface area contributed by atoms with E-state index in [1.807, 2.05) is 26.0 Å². The lowest BCUT2D eigenvalue weighted by atomic mass is 10.1. The molecule has 0 spiro atoms. The summed E-state index contributed by atoms with van der Waals surface area (Å²) in [6.45, 7) is 4.15. The van der Waals surface area contributed by atoms with E-state index in [-0.39, 0.29) is 12.0 Å². The van der Waals surface area contributed by atoms with Crippen molar-refractivity contribution in [2.24, 2.45) is 11.7 Å². The summed E-state index contributed by atoms with van der Waals surface area (Å²) in [6.07, 6.45) is 3.10. The summed E-state index contributed by atoms with van der Waals surface area (Å²) in [7, 11) is -3.43. The molecule has 19 heavy (non-hydrogen) atoms. The number of nitrogens with two attached hydrogens (primary N) is 1. The third-order valence-corrected chi connectivity index (χ3v) is 5.45. The highest BCUT2D eigenvalue weighted by molar-refractivity contribution is 7.89. The highest BCUT2D eigenvalue weighted by atomic mass is 32.2. The number of hydrogen-bond donors (Lipinski definition) is 2. The lowest BCUT2D eigenvalue weighted by Crippen LogP contribution is -2.36. The number of rotatable bonds is 4. The normalized spacial score (nSPS) is 23.7. The number of nitrogens with one attached hydrogen (secondary N) is 1. The molecule has 1 aliphatic rings. The molecule has 0 heterocycles. The second-order valence-corrected chi connectivity index (χ2v) is 7.21. The summed E-state index contributed by atoms with van der Waals surface area (Å²) in [6, 6.07) is 5.60. The van der Waals surface area contributed by atoms with E-state index in [2.05, 4.69) is 4.72 Å². The zero-order valence-electron chi connectivity index (χ0n) is 11.5. The van der Waals surface area contributed by atoms with Crippen molar-refractivity contribution < 1.29 is 8.42 Å². The van der Waals surface area contributed by atoms with Crippen molar-refractivity contribution >= 4 is 10.0 Å². The molecule has 2 rings (SSSR count). The quantitative estimate of drug-likeness (QED) is 0.883. The first kappa shape index (κ1) is 14.5. The van der Waals surface area contributed by atoms with Gasteiger partial charge in [-0.15, -0.1) is 0 Å². The van der Waals surface area contributed by atoms with E-state index < -0.39 is 10.0 Å². The highest BCUT2D eigenvalue weighted by Crippen LogP contribution is 2.24. The van der Waals surface area contributed by atoms with Crippen LogP contribution < -0.4 is 10.5 Å². The first-order valence-electron chi connectivity index (χ1n) is 6.72. The molecule has 106 valence electrons. The Balaban J connectivity index is 2.12. The van der Waals surface area contributed by atoms with Crippen molar-refractivity contribution in [2.45, 2.75) is 44.0 Å². The molecule has 1 aromatic carbocycles. The fraction of sp³-hybridized carbons (Fsp3) is 0.571. The van der Waals surface area contributed by atoms with E-state index in [4.69, 9.17) is 5.73 Å². The van der Waals surface area contributed by atoms with Gasteiger partial charge in [-0.2, -0.15) is 0 Å². The van der Waals surface area contributed by atoms with Gasteiger partial charge in [0.1, 0.15) is 0 Å². The van der Waals surface area contributed by atoms with Crippen LogP contribution in [-0.2, 0) is 10.0 Å². The first-order valence-corrected chi connectivity index (χ1v) is 8.21. The molecule has 0 aromatic heterocycles. The fourth-order valence-electron chi connectivity index (χ4n) is 2.61. The number of benzene rings is 1. The van der Waals surface area contributed by atoms with Gasteiger partial charge in [-0.05, 0) is 49.8 Å². The molecule has 2 unspecified atom stereocenters. The molecule has 0 saturated heterocycles. The maximum absolute atomic E-state index is 12.3. The van der Waals surface area contributed by atoms with Crippen LogP contribution in [0.25, 0.3) is 0 Å². The van der Waals surface area contributed by atoms with E-state index in [0.29, 0.717) is 11.4 Å². The fourth-order valence-corrected chi connectivity index (χ4v) is 4.03. The summed E-state index contributed by atoms with van der Waals surface area (Å²) >= 11 is 0. The molecule has 5 heteroatoms. The number of aryl methyl sites for hydroxylation is 2. The molecule has 1 saturated carbocycles. The number of sulfonamides is 1. The molecule has 1 aliphatic carbocycles. The Bertz CT molecular complexity index is 555. The molecule has 2 atom stereocenters. The minimum absolute atomic E-state index is 0.126. The van der Waals surface area contributed by atoms with Gasteiger partial charge in [0.05, 0.1) is 4.90 Å². The summed E-state index contributed by atoms with van der Waals surface area (Å²) in [5, 5.41) is 0. The Morgan fingerprint density at radius 1 is 1.32 bits per heavy atom. The van der Waals surface area contributed by atoms with E-state index in [1.165, 1.54) is 0 Å². The predicted molar refractivity (Wildman–Crippen MR) is 76.4 cm³/mol. The lowest BCUT2D eigenvalue weighted by molar-refractivity contribution is 0.469. The maximum atomic E-state index is 12.3. The summed E-state index contributed by atoms with van der Waals surface area (Å²) in [5.41, 5.74) is 7.69. The molecular formula is C14H22N2O2S. The molecule has 4 nitrogen and oxygen atoms in total. The maximum Gasteiger partial charge on any atom is 0.240 e. The molecule has 0 radical (unpaired) electrons. The zero-order valence-corrected chi connectivity index (χ0v) is 12.3. The molecule has 0 aliphatic heterocycles. The third-order valence-electron chi connectivity index (χ3n) is 3.89. The van der Waals surface area contributed by atoms with Crippen LogP contribution in [0.5, 0.6) is 0 Å². The van der Waals surface area contributed by atoms with E-state index in [0.717, 1.165) is 30.4 Å². The van der Waals surface area contributed by atoms with Crippen LogP contribution in [0.15, 0.2) is 23.1 Å². The Hall–Kier alpha value is -0.910. The summed E-state index contributed by atoms with van der Waals surface area (Å²) < 4.78 is 27.3. The largest absolute Gasteiger partial charge is 0.327 e. The third kappa shape index (κ3) is 3.35. The van der Waals surface area contributed by atoms with Crippen molar-refractivity contribution in [1.29, 1.82) is 0 Å². The molecule has 0 bridgehead atoms. The summed E-state index contributed by atoms with van der Waals surface area (Å²) in [4.78, 5) is 0.374.